The fourth-order valence-electron chi connectivity index (χ4n) is 5.22. The Hall–Kier alpha value is -5.58. The molecule has 0 N–H and O–H groups in total. The highest BCUT2D eigenvalue weighted by molar-refractivity contribution is 6.10. The van der Waals surface area contributed by atoms with E-state index in [-0.39, 0.29) is 0 Å². The second kappa shape index (κ2) is 8.52. The van der Waals surface area contributed by atoms with Crippen LogP contribution in [0.15, 0.2) is 120 Å². The molecule has 176 valence electrons. The standard InChI is InChI=1S/C34H19N3O/c35-20-22-8-10-26-18-28(14-12-24(26)16-22)37(29-15-13-25-17-23(21-36)9-11-27(25)19-29)32-6-3-5-31-30-4-1-2-7-33(30)38-34(31)32/h1-19H. The average Bonchev–Trinajstić information content (AvgIpc) is 3.36. The highest BCUT2D eigenvalue weighted by atomic mass is 16.3. The molecule has 6 aromatic carbocycles. The Labute approximate surface area is 218 Å². The van der Waals surface area contributed by atoms with Crippen LogP contribution >= 0.6 is 0 Å². The van der Waals surface area contributed by atoms with Gasteiger partial charge in [-0.25, -0.2) is 0 Å². The molecule has 38 heavy (non-hydrogen) atoms. The summed E-state index contributed by atoms with van der Waals surface area (Å²) in [6.45, 7) is 0. The van der Waals surface area contributed by atoms with Crippen LogP contribution in [-0.2, 0) is 0 Å². The summed E-state index contributed by atoms with van der Waals surface area (Å²) in [4.78, 5) is 2.21. The number of nitriles is 2. The molecule has 0 saturated carbocycles. The molecule has 1 aromatic heterocycles. The van der Waals surface area contributed by atoms with Crippen LogP contribution in [-0.4, -0.2) is 0 Å². The number of furan rings is 1. The Morgan fingerprint density at radius 3 is 1.71 bits per heavy atom. The van der Waals surface area contributed by atoms with Crippen molar-refractivity contribution in [2.45, 2.75) is 0 Å². The van der Waals surface area contributed by atoms with Crippen molar-refractivity contribution >= 4 is 60.5 Å². The van der Waals surface area contributed by atoms with Crippen LogP contribution in [0.1, 0.15) is 11.1 Å². The van der Waals surface area contributed by atoms with Crippen LogP contribution in [0.4, 0.5) is 17.1 Å². The van der Waals surface area contributed by atoms with Crippen molar-refractivity contribution in [2.75, 3.05) is 4.90 Å². The number of rotatable bonds is 3. The van der Waals surface area contributed by atoms with E-state index >= 15 is 0 Å². The van der Waals surface area contributed by atoms with E-state index in [1.54, 1.807) is 0 Å². The Morgan fingerprint density at radius 1 is 0.526 bits per heavy atom. The molecule has 0 unspecified atom stereocenters. The van der Waals surface area contributed by atoms with Gasteiger partial charge in [0.15, 0.2) is 5.58 Å². The van der Waals surface area contributed by atoms with Gasteiger partial charge in [0.25, 0.3) is 0 Å². The molecule has 0 saturated heterocycles. The predicted molar refractivity (Wildman–Crippen MR) is 153 cm³/mol. The summed E-state index contributed by atoms with van der Waals surface area (Å²) in [6, 6.07) is 42.8. The summed E-state index contributed by atoms with van der Waals surface area (Å²) in [5.74, 6) is 0. The van der Waals surface area contributed by atoms with Gasteiger partial charge in [-0.05, 0) is 82.2 Å². The summed E-state index contributed by atoms with van der Waals surface area (Å²) in [5, 5.41) is 24.9. The lowest BCUT2D eigenvalue weighted by molar-refractivity contribution is 0.669. The molecule has 0 aliphatic heterocycles. The lowest BCUT2D eigenvalue weighted by Gasteiger charge is -2.26. The number of nitrogens with zero attached hydrogens (tertiary/aromatic N) is 3. The Kier molecular flexibility index (Phi) is 4.86. The van der Waals surface area contributed by atoms with Crippen LogP contribution < -0.4 is 4.90 Å². The van der Waals surface area contributed by atoms with Gasteiger partial charge in [0.05, 0.1) is 29.0 Å². The maximum Gasteiger partial charge on any atom is 0.159 e. The van der Waals surface area contributed by atoms with Crippen molar-refractivity contribution in [1.82, 2.24) is 0 Å². The van der Waals surface area contributed by atoms with Crippen LogP contribution in [0, 0.1) is 22.7 Å². The van der Waals surface area contributed by atoms with Gasteiger partial charge < -0.3 is 9.32 Å². The normalized spacial score (nSPS) is 11.1. The van der Waals surface area contributed by atoms with Crippen molar-refractivity contribution in [3.8, 4) is 12.1 Å². The minimum absolute atomic E-state index is 0.639. The summed E-state index contributed by atoms with van der Waals surface area (Å²) in [5.41, 5.74) is 5.82. The molecule has 0 fully saturated rings. The molecular weight excluding hydrogens is 466 g/mol. The average molecular weight is 486 g/mol. The van der Waals surface area contributed by atoms with E-state index in [0.29, 0.717) is 11.1 Å². The molecule has 7 rings (SSSR count). The van der Waals surface area contributed by atoms with Crippen molar-refractivity contribution in [3.05, 3.63) is 126 Å². The monoisotopic (exact) mass is 485 g/mol. The molecule has 0 amide bonds. The third-order valence-electron chi connectivity index (χ3n) is 7.05. The molecule has 0 aliphatic rings. The maximum absolute atomic E-state index is 9.33. The lowest BCUT2D eigenvalue weighted by Crippen LogP contribution is -2.10. The van der Waals surface area contributed by atoms with Gasteiger partial charge in [0.2, 0.25) is 0 Å². The fraction of sp³-hybridized carbons (Fsp3) is 0. The first-order valence-electron chi connectivity index (χ1n) is 12.3. The molecule has 1 heterocycles. The van der Waals surface area contributed by atoms with E-state index in [2.05, 4.69) is 77.7 Å². The minimum atomic E-state index is 0.639. The van der Waals surface area contributed by atoms with E-state index in [4.69, 9.17) is 4.42 Å². The van der Waals surface area contributed by atoms with E-state index in [0.717, 1.165) is 60.5 Å². The Balaban J connectivity index is 1.50. The van der Waals surface area contributed by atoms with E-state index in [1.165, 1.54) is 0 Å². The molecule has 0 aliphatic carbocycles. The number of hydrogen-bond acceptors (Lipinski definition) is 4. The number of anilines is 3. The van der Waals surface area contributed by atoms with Gasteiger partial charge in [-0.1, -0.05) is 54.6 Å². The molecule has 7 aromatic rings. The van der Waals surface area contributed by atoms with E-state index in [1.807, 2.05) is 54.6 Å². The zero-order chi connectivity index (χ0) is 25.6. The first-order valence-corrected chi connectivity index (χ1v) is 12.3. The van der Waals surface area contributed by atoms with Crippen LogP contribution in [0.5, 0.6) is 0 Å². The largest absolute Gasteiger partial charge is 0.454 e. The second-order valence-corrected chi connectivity index (χ2v) is 9.30. The highest BCUT2D eigenvalue weighted by Gasteiger charge is 2.20. The molecule has 4 heteroatoms. The predicted octanol–water partition coefficient (Wildman–Crippen LogP) is 9.11. The van der Waals surface area contributed by atoms with Crippen LogP contribution in [0.2, 0.25) is 0 Å². The van der Waals surface area contributed by atoms with Gasteiger partial charge in [0.1, 0.15) is 5.58 Å². The Morgan fingerprint density at radius 2 is 1.08 bits per heavy atom. The van der Waals surface area contributed by atoms with E-state index in [9.17, 15) is 10.5 Å². The summed E-state index contributed by atoms with van der Waals surface area (Å²) < 4.78 is 6.43. The maximum atomic E-state index is 9.33. The van der Waals surface area contributed by atoms with Crippen molar-refractivity contribution < 1.29 is 4.42 Å². The Bertz CT molecular complexity index is 2030. The zero-order valence-electron chi connectivity index (χ0n) is 20.2. The van der Waals surface area contributed by atoms with Gasteiger partial charge in [-0.3, -0.25) is 0 Å². The summed E-state index contributed by atoms with van der Waals surface area (Å²) >= 11 is 0. The molecular formula is C34H19N3O. The highest BCUT2D eigenvalue weighted by Crippen LogP contribution is 2.43. The van der Waals surface area contributed by atoms with E-state index < -0.39 is 0 Å². The SMILES string of the molecule is N#Cc1ccc2cc(N(c3ccc4cc(C#N)ccc4c3)c3cccc4c3oc3ccccc34)ccc2c1. The molecule has 0 bridgehead atoms. The third kappa shape index (κ3) is 3.45. The van der Waals surface area contributed by atoms with Crippen molar-refractivity contribution in [1.29, 1.82) is 10.5 Å². The quantitative estimate of drug-likeness (QED) is 0.250. The van der Waals surface area contributed by atoms with Crippen molar-refractivity contribution in [3.63, 3.8) is 0 Å². The third-order valence-corrected chi connectivity index (χ3v) is 7.05. The number of benzene rings is 6. The molecule has 0 atom stereocenters. The first-order chi connectivity index (χ1) is 18.7. The minimum Gasteiger partial charge on any atom is -0.454 e. The van der Waals surface area contributed by atoms with Gasteiger partial charge in [-0.15, -0.1) is 0 Å². The summed E-state index contributed by atoms with van der Waals surface area (Å²) in [6.07, 6.45) is 0. The van der Waals surface area contributed by atoms with Gasteiger partial charge in [-0.2, -0.15) is 10.5 Å². The number of para-hydroxylation sites is 2. The summed E-state index contributed by atoms with van der Waals surface area (Å²) in [7, 11) is 0. The van der Waals surface area contributed by atoms with Gasteiger partial charge >= 0.3 is 0 Å². The smallest absolute Gasteiger partial charge is 0.159 e. The second-order valence-electron chi connectivity index (χ2n) is 9.30. The zero-order valence-corrected chi connectivity index (χ0v) is 20.2. The lowest BCUT2D eigenvalue weighted by atomic mass is 10.0. The first kappa shape index (κ1) is 21.7. The fourth-order valence-corrected chi connectivity index (χ4v) is 5.22. The number of hydrogen-bond donors (Lipinski definition) is 0. The van der Waals surface area contributed by atoms with Crippen LogP contribution in [0.3, 0.4) is 0 Å². The topological polar surface area (TPSA) is 64.0 Å². The number of fused-ring (bicyclic) bond motifs is 5. The van der Waals surface area contributed by atoms with Crippen molar-refractivity contribution in [2.24, 2.45) is 0 Å². The molecule has 0 spiro atoms. The van der Waals surface area contributed by atoms with Crippen LogP contribution in [0.25, 0.3) is 43.5 Å². The molecule has 4 nitrogen and oxygen atoms in total. The molecule has 0 radical (unpaired) electrons. The van der Waals surface area contributed by atoms with Gasteiger partial charge in [0, 0.05) is 22.1 Å².